The first-order chi connectivity index (χ1) is 12.8. The Labute approximate surface area is 156 Å². The first-order valence-corrected chi connectivity index (χ1v) is 9.47. The number of nitrogens with zero attached hydrogens (tertiary/aromatic N) is 2. The minimum Gasteiger partial charge on any atom is -0.377 e. The number of likely N-dealkylation sites (tertiary alicyclic amines) is 1. The second kappa shape index (κ2) is 9.39. The molecular formula is C22H29N3O. The number of hydrogen-bond acceptors (Lipinski definition) is 2. The smallest absolute Gasteiger partial charge is 0.193 e. The van der Waals surface area contributed by atoms with Gasteiger partial charge < -0.3 is 15.0 Å². The van der Waals surface area contributed by atoms with Gasteiger partial charge in [-0.1, -0.05) is 54.6 Å². The molecule has 2 aromatic carbocycles. The summed E-state index contributed by atoms with van der Waals surface area (Å²) in [4.78, 5) is 6.87. The third kappa shape index (κ3) is 4.64. The fraction of sp³-hybridized carbons (Fsp3) is 0.409. The van der Waals surface area contributed by atoms with Gasteiger partial charge in [0.15, 0.2) is 5.96 Å². The van der Waals surface area contributed by atoms with Crippen LogP contribution in [0.15, 0.2) is 59.6 Å². The highest BCUT2D eigenvalue weighted by molar-refractivity contribution is 5.80. The molecule has 3 rings (SSSR count). The second-order valence-electron chi connectivity index (χ2n) is 6.65. The van der Waals surface area contributed by atoms with Crippen LogP contribution in [0.1, 0.15) is 36.0 Å². The molecule has 1 N–H and O–H groups in total. The summed E-state index contributed by atoms with van der Waals surface area (Å²) in [5.74, 6) is 1.56. The molecule has 0 amide bonds. The highest BCUT2D eigenvalue weighted by Gasteiger charge is 2.25. The van der Waals surface area contributed by atoms with Crippen LogP contribution >= 0.6 is 0 Å². The van der Waals surface area contributed by atoms with Crippen molar-refractivity contribution < 1.29 is 4.74 Å². The average Bonchev–Trinajstić information content (AvgIpc) is 3.18. The quantitative estimate of drug-likeness (QED) is 0.635. The molecule has 1 aliphatic heterocycles. The SMILES string of the molecule is CCOCc1ccccc1CNC(=NC)N1CCC(c2ccccc2)C1. The number of ether oxygens (including phenoxy) is 1. The Morgan fingerprint density at radius 2 is 1.85 bits per heavy atom. The summed E-state index contributed by atoms with van der Waals surface area (Å²) in [5, 5.41) is 3.54. The van der Waals surface area contributed by atoms with Crippen molar-refractivity contribution in [2.45, 2.75) is 32.4 Å². The molecular weight excluding hydrogens is 322 g/mol. The van der Waals surface area contributed by atoms with Gasteiger partial charge in [-0.2, -0.15) is 0 Å². The summed E-state index contributed by atoms with van der Waals surface area (Å²) in [6, 6.07) is 19.2. The molecule has 2 aromatic rings. The molecule has 0 aromatic heterocycles. The van der Waals surface area contributed by atoms with Gasteiger partial charge in [0.1, 0.15) is 0 Å². The van der Waals surface area contributed by atoms with Crippen LogP contribution in [0.4, 0.5) is 0 Å². The van der Waals surface area contributed by atoms with Gasteiger partial charge in [-0.3, -0.25) is 4.99 Å². The molecule has 1 fully saturated rings. The number of benzene rings is 2. The zero-order valence-corrected chi connectivity index (χ0v) is 15.8. The van der Waals surface area contributed by atoms with Crippen LogP contribution < -0.4 is 5.32 Å². The van der Waals surface area contributed by atoms with Gasteiger partial charge in [0.05, 0.1) is 6.61 Å². The zero-order chi connectivity index (χ0) is 18.2. The normalized spacial score (nSPS) is 17.5. The average molecular weight is 351 g/mol. The molecule has 0 bridgehead atoms. The van der Waals surface area contributed by atoms with Crippen LogP contribution in [0.25, 0.3) is 0 Å². The Balaban J connectivity index is 1.59. The van der Waals surface area contributed by atoms with Crippen LogP contribution in [0.5, 0.6) is 0 Å². The molecule has 1 atom stereocenters. The summed E-state index contributed by atoms with van der Waals surface area (Å²) in [7, 11) is 1.87. The highest BCUT2D eigenvalue weighted by Crippen LogP contribution is 2.26. The molecule has 1 heterocycles. The van der Waals surface area contributed by atoms with E-state index in [0.717, 1.165) is 32.2 Å². The summed E-state index contributed by atoms with van der Waals surface area (Å²) in [5.41, 5.74) is 3.93. The Morgan fingerprint density at radius 3 is 2.58 bits per heavy atom. The molecule has 4 heteroatoms. The second-order valence-corrected chi connectivity index (χ2v) is 6.65. The maximum atomic E-state index is 5.59. The van der Waals surface area contributed by atoms with Crippen molar-refractivity contribution in [2.75, 3.05) is 26.7 Å². The van der Waals surface area contributed by atoms with Crippen LogP contribution in [0, 0.1) is 0 Å². The lowest BCUT2D eigenvalue weighted by atomic mass is 9.99. The molecule has 1 unspecified atom stereocenters. The van der Waals surface area contributed by atoms with E-state index in [0.29, 0.717) is 12.5 Å². The predicted molar refractivity (Wildman–Crippen MR) is 107 cm³/mol. The standard InChI is InChI=1S/C22H29N3O/c1-3-26-17-21-12-8-7-11-19(21)15-24-22(23-2)25-14-13-20(16-25)18-9-5-4-6-10-18/h4-12,20H,3,13-17H2,1-2H3,(H,23,24). The van der Waals surface area contributed by atoms with Gasteiger partial charge >= 0.3 is 0 Å². The van der Waals surface area contributed by atoms with E-state index in [1.165, 1.54) is 23.1 Å². The molecule has 0 radical (unpaired) electrons. The first-order valence-electron chi connectivity index (χ1n) is 9.47. The zero-order valence-electron chi connectivity index (χ0n) is 15.8. The summed E-state index contributed by atoms with van der Waals surface area (Å²) in [6.07, 6.45) is 1.17. The molecule has 0 aliphatic carbocycles. The number of nitrogens with one attached hydrogen (secondary N) is 1. The number of rotatable bonds is 6. The number of aliphatic imine (C=N–C) groups is 1. The van der Waals surface area contributed by atoms with Crippen LogP contribution in [-0.4, -0.2) is 37.6 Å². The third-order valence-electron chi connectivity index (χ3n) is 4.99. The van der Waals surface area contributed by atoms with Gasteiger partial charge in [-0.25, -0.2) is 0 Å². The van der Waals surface area contributed by atoms with E-state index in [-0.39, 0.29) is 0 Å². The summed E-state index contributed by atoms with van der Waals surface area (Å²) < 4.78 is 5.59. The molecule has 0 saturated carbocycles. The van der Waals surface area contributed by atoms with Crippen molar-refractivity contribution in [1.82, 2.24) is 10.2 Å². The lowest BCUT2D eigenvalue weighted by Crippen LogP contribution is -2.39. The molecule has 1 saturated heterocycles. The van der Waals surface area contributed by atoms with E-state index in [1.807, 2.05) is 14.0 Å². The molecule has 4 nitrogen and oxygen atoms in total. The Morgan fingerprint density at radius 1 is 1.12 bits per heavy atom. The summed E-state index contributed by atoms with van der Waals surface area (Å²) >= 11 is 0. The van der Waals surface area contributed by atoms with Crippen LogP contribution in [-0.2, 0) is 17.9 Å². The van der Waals surface area contributed by atoms with E-state index in [4.69, 9.17) is 4.74 Å². The van der Waals surface area contributed by atoms with Gasteiger partial charge in [-0.05, 0) is 30.0 Å². The minimum atomic E-state index is 0.583. The topological polar surface area (TPSA) is 36.9 Å². The van der Waals surface area contributed by atoms with Crippen molar-refractivity contribution in [3.8, 4) is 0 Å². The molecule has 26 heavy (non-hydrogen) atoms. The van der Waals surface area contributed by atoms with Crippen molar-refractivity contribution >= 4 is 5.96 Å². The first kappa shape index (κ1) is 18.5. The molecule has 1 aliphatic rings. The summed E-state index contributed by atoms with van der Waals surface area (Å²) in [6.45, 7) is 6.25. The van der Waals surface area contributed by atoms with E-state index in [1.54, 1.807) is 0 Å². The Bertz CT molecular complexity index is 714. The van der Waals surface area contributed by atoms with Gasteiger partial charge in [-0.15, -0.1) is 0 Å². The third-order valence-corrected chi connectivity index (χ3v) is 4.99. The lowest BCUT2D eigenvalue weighted by molar-refractivity contribution is 0.133. The van der Waals surface area contributed by atoms with Crippen molar-refractivity contribution in [3.05, 3.63) is 71.3 Å². The largest absolute Gasteiger partial charge is 0.377 e. The van der Waals surface area contributed by atoms with E-state index in [9.17, 15) is 0 Å². The van der Waals surface area contributed by atoms with Crippen LogP contribution in [0.3, 0.4) is 0 Å². The van der Waals surface area contributed by atoms with Crippen molar-refractivity contribution in [1.29, 1.82) is 0 Å². The van der Waals surface area contributed by atoms with E-state index >= 15 is 0 Å². The van der Waals surface area contributed by atoms with E-state index in [2.05, 4.69) is 69.8 Å². The monoisotopic (exact) mass is 351 g/mol. The Kier molecular flexibility index (Phi) is 6.67. The molecule has 138 valence electrons. The fourth-order valence-corrected chi connectivity index (χ4v) is 3.54. The van der Waals surface area contributed by atoms with E-state index < -0.39 is 0 Å². The van der Waals surface area contributed by atoms with Gasteiger partial charge in [0, 0.05) is 39.2 Å². The lowest BCUT2D eigenvalue weighted by Gasteiger charge is -2.22. The minimum absolute atomic E-state index is 0.583. The predicted octanol–water partition coefficient (Wildman–Crippen LogP) is 3.79. The van der Waals surface area contributed by atoms with Gasteiger partial charge in [0.2, 0.25) is 0 Å². The highest BCUT2D eigenvalue weighted by atomic mass is 16.5. The number of guanidine groups is 1. The maximum absolute atomic E-state index is 5.59. The van der Waals surface area contributed by atoms with Crippen molar-refractivity contribution in [2.24, 2.45) is 4.99 Å². The number of hydrogen-bond donors (Lipinski definition) is 1. The van der Waals surface area contributed by atoms with Gasteiger partial charge in [0.25, 0.3) is 0 Å². The maximum Gasteiger partial charge on any atom is 0.193 e. The molecule has 0 spiro atoms. The fourth-order valence-electron chi connectivity index (χ4n) is 3.54. The van der Waals surface area contributed by atoms with Crippen molar-refractivity contribution in [3.63, 3.8) is 0 Å². The van der Waals surface area contributed by atoms with Crippen LogP contribution in [0.2, 0.25) is 0 Å². The Hall–Kier alpha value is -2.33.